The topological polar surface area (TPSA) is 57.0 Å². The van der Waals surface area contributed by atoms with Gasteiger partial charge in [0.15, 0.2) is 5.69 Å². The first kappa shape index (κ1) is 12.5. The Balaban J connectivity index is 2.58. The Bertz CT molecular complexity index is 581. The highest BCUT2D eigenvalue weighted by molar-refractivity contribution is 6.00. The number of pyridine rings is 1. The predicted molar refractivity (Wildman–Crippen MR) is 68.3 cm³/mol. The minimum atomic E-state index is -0.452. The van der Waals surface area contributed by atoms with Gasteiger partial charge in [-0.2, -0.15) is 5.10 Å². The number of carbonyl (C=O) groups excluding carboxylic acids is 1. The molecule has 5 heteroatoms. The standard InChI is InChI=1S/C13H17N3O2/c1-13(2,3)8-16-9-6-5-7-14-10(9)11(15-16)12(17)18-4/h5-7H,8H2,1-4H3. The number of methoxy groups -OCH3 is 1. The summed E-state index contributed by atoms with van der Waals surface area (Å²) in [6.45, 7) is 7.07. The van der Waals surface area contributed by atoms with Crippen LogP contribution in [0.2, 0.25) is 0 Å². The Morgan fingerprint density at radius 2 is 2.17 bits per heavy atom. The number of esters is 1. The van der Waals surface area contributed by atoms with Gasteiger partial charge in [-0.1, -0.05) is 20.8 Å². The fraction of sp³-hybridized carbons (Fsp3) is 0.462. The third kappa shape index (κ3) is 2.34. The Hall–Kier alpha value is -1.91. The minimum Gasteiger partial charge on any atom is -0.464 e. The molecule has 0 spiro atoms. The summed E-state index contributed by atoms with van der Waals surface area (Å²) in [4.78, 5) is 15.9. The van der Waals surface area contributed by atoms with E-state index in [1.54, 1.807) is 6.20 Å². The van der Waals surface area contributed by atoms with Crippen LogP contribution in [-0.4, -0.2) is 27.8 Å². The van der Waals surface area contributed by atoms with E-state index in [4.69, 9.17) is 4.74 Å². The zero-order chi connectivity index (χ0) is 13.3. The van der Waals surface area contributed by atoms with Crippen molar-refractivity contribution in [1.82, 2.24) is 14.8 Å². The van der Waals surface area contributed by atoms with Gasteiger partial charge >= 0.3 is 5.97 Å². The maximum atomic E-state index is 11.7. The molecule has 0 saturated carbocycles. The molecule has 0 aromatic carbocycles. The molecule has 0 aliphatic rings. The number of hydrogen-bond acceptors (Lipinski definition) is 4. The van der Waals surface area contributed by atoms with Crippen LogP contribution < -0.4 is 0 Å². The second-order valence-electron chi connectivity index (χ2n) is 5.43. The first-order valence-corrected chi connectivity index (χ1v) is 5.82. The van der Waals surface area contributed by atoms with Gasteiger partial charge in [-0.3, -0.25) is 9.67 Å². The summed E-state index contributed by atoms with van der Waals surface area (Å²) in [7, 11) is 1.35. The molecule has 2 aromatic rings. The molecule has 5 nitrogen and oxygen atoms in total. The quantitative estimate of drug-likeness (QED) is 0.764. The van der Waals surface area contributed by atoms with Crippen LogP contribution in [0.3, 0.4) is 0 Å². The van der Waals surface area contributed by atoms with Crippen molar-refractivity contribution in [1.29, 1.82) is 0 Å². The number of fused-ring (bicyclic) bond motifs is 1. The molecule has 0 aliphatic carbocycles. The lowest BCUT2D eigenvalue weighted by Gasteiger charge is -2.18. The molecule has 0 fully saturated rings. The fourth-order valence-electron chi connectivity index (χ4n) is 1.81. The fourth-order valence-corrected chi connectivity index (χ4v) is 1.81. The molecule has 0 atom stereocenters. The Kier molecular flexibility index (Phi) is 3.07. The van der Waals surface area contributed by atoms with Gasteiger partial charge in [0.25, 0.3) is 0 Å². The molecule has 0 bridgehead atoms. The molecule has 0 N–H and O–H groups in total. The van der Waals surface area contributed by atoms with Crippen molar-refractivity contribution in [2.45, 2.75) is 27.3 Å². The molecule has 0 unspecified atom stereocenters. The number of nitrogens with zero attached hydrogens (tertiary/aromatic N) is 3. The van der Waals surface area contributed by atoms with Gasteiger partial charge in [0.2, 0.25) is 0 Å². The zero-order valence-electron chi connectivity index (χ0n) is 11.1. The van der Waals surface area contributed by atoms with Gasteiger partial charge in [0, 0.05) is 12.7 Å². The molecule has 18 heavy (non-hydrogen) atoms. The predicted octanol–water partition coefficient (Wildman–Crippen LogP) is 2.26. The van der Waals surface area contributed by atoms with E-state index in [9.17, 15) is 4.79 Å². The van der Waals surface area contributed by atoms with Crippen molar-refractivity contribution in [3.63, 3.8) is 0 Å². The van der Waals surface area contributed by atoms with E-state index < -0.39 is 5.97 Å². The summed E-state index contributed by atoms with van der Waals surface area (Å²) in [5, 5.41) is 4.33. The van der Waals surface area contributed by atoms with Crippen LogP contribution in [0, 0.1) is 5.41 Å². The molecule has 0 radical (unpaired) electrons. The van der Waals surface area contributed by atoms with E-state index in [0.29, 0.717) is 12.1 Å². The molecular formula is C13H17N3O2. The van der Waals surface area contributed by atoms with Gasteiger partial charge < -0.3 is 4.74 Å². The van der Waals surface area contributed by atoms with Crippen molar-refractivity contribution in [2.24, 2.45) is 5.41 Å². The summed E-state index contributed by atoms with van der Waals surface area (Å²) in [6.07, 6.45) is 1.65. The van der Waals surface area contributed by atoms with Crippen LogP contribution in [0.4, 0.5) is 0 Å². The summed E-state index contributed by atoms with van der Waals surface area (Å²) in [5.41, 5.74) is 1.79. The van der Waals surface area contributed by atoms with Gasteiger partial charge in [-0.05, 0) is 17.5 Å². The largest absolute Gasteiger partial charge is 0.464 e. The number of hydrogen-bond donors (Lipinski definition) is 0. The second-order valence-corrected chi connectivity index (χ2v) is 5.43. The van der Waals surface area contributed by atoms with E-state index in [2.05, 4.69) is 30.9 Å². The van der Waals surface area contributed by atoms with Crippen molar-refractivity contribution < 1.29 is 9.53 Å². The van der Waals surface area contributed by atoms with Crippen LogP contribution in [0.25, 0.3) is 11.0 Å². The first-order chi connectivity index (χ1) is 8.42. The lowest BCUT2D eigenvalue weighted by atomic mass is 9.97. The highest BCUT2D eigenvalue weighted by atomic mass is 16.5. The Morgan fingerprint density at radius 1 is 1.44 bits per heavy atom. The normalized spacial score (nSPS) is 11.8. The van der Waals surface area contributed by atoms with Crippen molar-refractivity contribution >= 4 is 17.0 Å². The van der Waals surface area contributed by atoms with Crippen LogP contribution in [0.15, 0.2) is 18.3 Å². The molecule has 2 rings (SSSR count). The SMILES string of the molecule is COC(=O)c1nn(CC(C)(C)C)c2cccnc12. The van der Waals surface area contributed by atoms with Gasteiger partial charge in [-0.25, -0.2) is 4.79 Å². The molecule has 96 valence electrons. The second kappa shape index (κ2) is 4.40. The smallest absolute Gasteiger partial charge is 0.360 e. The number of aromatic nitrogens is 3. The highest BCUT2D eigenvalue weighted by Crippen LogP contribution is 2.22. The Morgan fingerprint density at radius 3 is 2.78 bits per heavy atom. The summed E-state index contributed by atoms with van der Waals surface area (Å²) in [6, 6.07) is 3.75. The molecule has 0 amide bonds. The number of rotatable bonds is 2. The maximum absolute atomic E-state index is 11.7. The van der Waals surface area contributed by atoms with E-state index in [-0.39, 0.29) is 11.1 Å². The van der Waals surface area contributed by atoms with E-state index in [1.807, 2.05) is 16.8 Å². The van der Waals surface area contributed by atoms with Gasteiger partial charge in [0.1, 0.15) is 5.52 Å². The van der Waals surface area contributed by atoms with Crippen molar-refractivity contribution in [3.05, 3.63) is 24.0 Å². The van der Waals surface area contributed by atoms with Crippen LogP contribution in [-0.2, 0) is 11.3 Å². The average molecular weight is 247 g/mol. The number of carbonyl (C=O) groups is 1. The van der Waals surface area contributed by atoms with Crippen LogP contribution >= 0.6 is 0 Å². The summed E-state index contributed by atoms with van der Waals surface area (Å²) < 4.78 is 6.55. The monoisotopic (exact) mass is 247 g/mol. The minimum absolute atomic E-state index is 0.0716. The first-order valence-electron chi connectivity index (χ1n) is 5.82. The van der Waals surface area contributed by atoms with Gasteiger partial charge in [0.05, 0.1) is 12.6 Å². The zero-order valence-corrected chi connectivity index (χ0v) is 11.1. The van der Waals surface area contributed by atoms with Crippen molar-refractivity contribution in [3.8, 4) is 0 Å². The third-order valence-corrected chi connectivity index (χ3v) is 2.51. The number of ether oxygens (including phenoxy) is 1. The van der Waals surface area contributed by atoms with E-state index >= 15 is 0 Å². The van der Waals surface area contributed by atoms with Crippen LogP contribution in [0.5, 0.6) is 0 Å². The maximum Gasteiger partial charge on any atom is 0.360 e. The van der Waals surface area contributed by atoms with Crippen LogP contribution in [0.1, 0.15) is 31.3 Å². The highest BCUT2D eigenvalue weighted by Gasteiger charge is 2.21. The third-order valence-electron chi connectivity index (χ3n) is 2.51. The molecule has 0 saturated heterocycles. The molecular weight excluding hydrogens is 230 g/mol. The van der Waals surface area contributed by atoms with Crippen molar-refractivity contribution in [2.75, 3.05) is 7.11 Å². The Labute approximate surface area is 106 Å². The van der Waals surface area contributed by atoms with E-state index in [0.717, 1.165) is 5.52 Å². The molecule has 2 heterocycles. The van der Waals surface area contributed by atoms with Gasteiger partial charge in [-0.15, -0.1) is 0 Å². The average Bonchev–Trinajstić information content (AvgIpc) is 2.65. The van der Waals surface area contributed by atoms with E-state index in [1.165, 1.54) is 7.11 Å². The molecule has 2 aromatic heterocycles. The lowest BCUT2D eigenvalue weighted by Crippen LogP contribution is -2.17. The molecule has 0 aliphatic heterocycles. The summed E-state index contributed by atoms with van der Waals surface area (Å²) in [5.74, 6) is -0.452. The summed E-state index contributed by atoms with van der Waals surface area (Å²) >= 11 is 0. The lowest BCUT2D eigenvalue weighted by molar-refractivity contribution is 0.0594.